The standard InChI is InChI=1S/C36H47N5O7S/c1-22-10-12-26(29-13-11-23(2)21-37-29)30(17-22)38-34(45)48-25-18-27-28(19-25)32(43)41(4)16-8-6-5-7-9-24-20-36(24,39-31(27)42)33(44)40-49(46,47)35(3)14-15-35/h10-13,17,21,24-25,27-28H,5-9,14-16,18-20H2,1-4H3,(H,38,45)(H,39,42)(H,40,44)/t24-,25-,27-,28-,36-/m1/s1. The lowest BCUT2D eigenvalue weighted by Crippen LogP contribution is -2.55. The monoisotopic (exact) mass is 693 g/mol. The predicted octanol–water partition coefficient (Wildman–Crippen LogP) is 4.60. The van der Waals surface area contributed by atoms with Crippen molar-refractivity contribution in [3.8, 4) is 11.3 Å². The van der Waals surface area contributed by atoms with Gasteiger partial charge in [-0.15, -0.1) is 0 Å². The molecule has 4 fully saturated rings. The van der Waals surface area contributed by atoms with Crippen LogP contribution in [0.2, 0.25) is 0 Å². The lowest BCUT2D eigenvalue weighted by molar-refractivity contribution is -0.140. The van der Waals surface area contributed by atoms with Crippen molar-refractivity contribution in [3.05, 3.63) is 47.7 Å². The van der Waals surface area contributed by atoms with Crippen LogP contribution in [0.5, 0.6) is 0 Å². The van der Waals surface area contributed by atoms with Gasteiger partial charge in [-0.3, -0.25) is 29.4 Å². The highest BCUT2D eigenvalue weighted by Crippen LogP contribution is 2.49. The Morgan fingerprint density at radius 2 is 1.71 bits per heavy atom. The molecule has 5 atom stereocenters. The number of pyridine rings is 1. The number of aryl methyl sites for hydroxylation is 2. The molecule has 0 bridgehead atoms. The number of fused-ring (bicyclic) bond motifs is 2. The molecule has 3 aliphatic carbocycles. The van der Waals surface area contributed by atoms with E-state index in [9.17, 15) is 27.6 Å². The molecule has 2 heterocycles. The number of nitrogens with zero attached hydrogens (tertiary/aromatic N) is 2. The number of carbonyl (C=O) groups is 4. The third-order valence-corrected chi connectivity index (χ3v) is 13.1. The zero-order chi connectivity index (χ0) is 35.1. The summed E-state index contributed by atoms with van der Waals surface area (Å²) in [5.74, 6) is -3.29. The van der Waals surface area contributed by atoms with Gasteiger partial charge in [-0.1, -0.05) is 37.5 Å². The number of hydrogen-bond donors (Lipinski definition) is 3. The minimum absolute atomic E-state index is 0.0857. The number of rotatable bonds is 6. The molecule has 0 unspecified atom stereocenters. The summed E-state index contributed by atoms with van der Waals surface area (Å²) in [6, 6.07) is 9.46. The maximum atomic E-state index is 14.1. The molecule has 1 aliphatic heterocycles. The average Bonchev–Trinajstić information content (AvgIpc) is 3.93. The van der Waals surface area contributed by atoms with Gasteiger partial charge in [0, 0.05) is 25.4 Å². The molecule has 3 N–H and O–H groups in total. The second-order valence-electron chi connectivity index (χ2n) is 14.8. The van der Waals surface area contributed by atoms with Gasteiger partial charge in [0.05, 0.1) is 28.0 Å². The molecule has 2 aromatic rings. The molecule has 49 heavy (non-hydrogen) atoms. The van der Waals surface area contributed by atoms with Crippen molar-refractivity contribution in [3.63, 3.8) is 0 Å². The SMILES string of the molecule is Cc1ccc(-c2ccc(C)cc2NC(=O)O[C@@H]2C[C@H]3C(=O)N[C@]4(C(=O)NS(=O)(=O)C5(C)CC5)C[C@H]4CCCCCCN(C)C(=O)[C@@H]3C2)nc1. The summed E-state index contributed by atoms with van der Waals surface area (Å²) in [5, 5.41) is 5.77. The zero-order valence-corrected chi connectivity index (χ0v) is 29.5. The van der Waals surface area contributed by atoms with Crippen LogP contribution < -0.4 is 15.4 Å². The summed E-state index contributed by atoms with van der Waals surface area (Å²) in [4.78, 5) is 60.9. The molecule has 1 aromatic heterocycles. The fraction of sp³-hybridized carbons (Fsp3) is 0.583. The topological polar surface area (TPSA) is 164 Å². The number of carbonyl (C=O) groups excluding carboxylic acids is 4. The Balaban J connectivity index is 1.20. The number of anilines is 1. The van der Waals surface area contributed by atoms with Crippen molar-refractivity contribution in [1.29, 1.82) is 0 Å². The van der Waals surface area contributed by atoms with Gasteiger partial charge in [0.25, 0.3) is 5.91 Å². The maximum Gasteiger partial charge on any atom is 0.411 e. The number of nitrogens with one attached hydrogen (secondary N) is 3. The van der Waals surface area contributed by atoms with Gasteiger partial charge in [-0.05, 0) is 94.9 Å². The molecular weight excluding hydrogens is 646 g/mol. The Morgan fingerprint density at radius 3 is 2.43 bits per heavy atom. The summed E-state index contributed by atoms with van der Waals surface area (Å²) in [6.07, 6.45) is 5.92. The van der Waals surface area contributed by atoms with Crippen LogP contribution in [0.1, 0.15) is 82.3 Å². The lowest BCUT2D eigenvalue weighted by atomic mass is 9.92. The average molecular weight is 694 g/mol. The molecule has 3 saturated carbocycles. The predicted molar refractivity (Wildman–Crippen MR) is 184 cm³/mol. The first kappa shape index (κ1) is 34.8. The fourth-order valence-corrected chi connectivity index (χ4v) is 8.61. The van der Waals surface area contributed by atoms with Gasteiger partial charge in [-0.25, -0.2) is 13.2 Å². The van der Waals surface area contributed by atoms with E-state index in [1.807, 2.05) is 44.2 Å². The second-order valence-corrected chi connectivity index (χ2v) is 17.0. The largest absolute Gasteiger partial charge is 0.446 e. The first-order valence-corrected chi connectivity index (χ1v) is 18.8. The van der Waals surface area contributed by atoms with Crippen molar-refractivity contribution in [1.82, 2.24) is 19.9 Å². The van der Waals surface area contributed by atoms with E-state index in [1.54, 1.807) is 25.1 Å². The normalized spacial score (nSPS) is 28.3. The van der Waals surface area contributed by atoms with Crippen molar-refractivity contribution < 1.29 is 32.3 Å². The minimum Gasteiger partial charge on any atom is -0.446 e. The van der Waals surface area contributed by atoms with Crippen LogP contribution in [0.15, 0.2) is 36.5 Å². The Bertz CT molecular complexity index is 1740. The number of sulfonamides is 1. The van der Waals surface area contributed by atoms with Gasteiger partial charge < -0.3 is 15.0 Å². The van der Waals surface area contributed by atoms with Crippen molar-refractivity contribution in [2.45, 2.75) is 101 Å². The summed E-state index contributed by atoms with van der Waals surface area (Å²) in [6.45, 7) is 6.01. The van der Waals surface area contributed by atoms with E-state index in [0.717, 1.165) is 42.4 Å². The second kappa shape index (κ2) is 13.4. The molecule has 1 saturated heterocycles. The minimum atomic E-state index is -3.91. The number of aromatic nitrogens is 1. The summed E-state index contributed by atoms with van der Waals surface area (Å²) >= 11 is 0. The number of hydrogen-bond acceptors (Lipinski definition) is 8. The molecule has 4 aliphatic rings. The number of benzene rings is 1. The lowest BCUT2D eigenvalue weighted by Gasteiger charge is -2.27. The van der Waals surface area contributed by atoms with Gasteiger partial charge in [0.15, 0.2) is 0 Å². The number of ether oxygens (including phenoxy) is 1. The van der Waals surface area contributed by atoms with Crippen molar-refractivity contribution in [2.75, 3.05) is 18.9 Å². The summed E-state index contributed by atoms with van der Waals surface area (Å²) in [7, 11) is -2.19. The van der Waals surface area contributed by atoms with E-state index < -0.39 is 56.2 Å². The van der Waals surface area contributed by atoms with E-state index in [4.69, 9.17) is 4.74 Å². The Kier molecular flexibility index (Phi) is 9.51. The van der Waals surface area contributed by atoms with Crippen LogP contribution in [0, 0.1) is 31.6 Å². The first-order chi connectivity index (χ1) is 23.2. The smallest absolute Gasteiger partial charge is 0.411 e. The van der Waals surface area contributed by atoms with E-state index in [2.05, 4.69) is 20.3 Å². The van der Waals surface area contributed by atoms with Crippen molar-refractivity contribution >= 4 is 39.5 Å². The molecule has 13 heteroatoms. The zero-order valence-electron chi connectivity index (χ0n) is 28.7. The Hall–Kier alpha value is -4.00. The highest BCUT2D eigenvalue weighted by Gasteiger charge is 2.63. The van der Waals surface area contributed by atoms with Gasteiger partial charge >= 0.3 is 6.09 Å². The van der Waals surface area contributed by atoms with E-state index >= 15 is 0 Å². The molecule has 4 amide bonds. The van der Waals surface area contributed by atoms with Crippen molar-refractivity contribution in [2.24, 2.45) is 17.8 Å². The fourth-order valence-electron chi connectivity index (χ4n) is 7.30. The van der Waals surface area contributed by atoms with Crippen LogP contribution in [0.4, 0.5) is 10.5 Å². The highest BCUT2D eigenvalue weighted by atomic mass is 32.2. The van der Waals surface area contributed by atoms with Gasteiger partial charge in [0.1, 0.15) is 11.6 Å². The Morgan fingerprint density at radius 1 is 1.00 bits per heavy atom. The Labute approximate surface area is 288 Å². The molecule has 6 rings (SSSR count). The van der Waals surface area contributed by atoms with Crippen LogP contribution in [0.25, 0.3) is 11.3 Å². The maximum absolute atomic E-state index is 14.1. The van der Waals surface area contributed by atoms with Crippen LogP contribution >= 0.6 is 0 Å². The third-order valence-electron chi connectivity index (χ3n) is 10.9. The molecule has 0 radical (unpaired) electrons. The van der Waals surface area contributed by atoms with Gasteiger partial charge in [0.2, 0.25) is 21.8 Å². The molecule has 1 aromatic carbocycles. The van der Waals surface area contributed by atoms with Crippen LogP contribution in [0.3, 0.4) is 0 Å². The molecule has 12 nitrogen and oxygen atoms in total. The molecule has 264 valence electrons. The third kappa shape index (κ3) is 7.32. The van der Waals surface area contributed by atoms with E-state index in [-0.39, 0.29) is 24.7 Å². The van der Waals surface area contributed by atoms with E-state index in [1.165, 1.54) is 0 Å². The quantitative estimate of drug-likeness (QED) is 0.395. The molecule has 0 spiro atoms. The molecular formula is C36H47N5O7S. The van der Waals surface area contributed by atoms with Crippen LogP contribution in [-0.2, 0) is 29.1 Å². The summed E-state index contributed by atoms with van der Waals surface area (Å²) in [5.41, 5.74) is 2.51. The van der Waals surface area contributed by atoms with E-state index in [0.29, 0.717) is 43.6 Å². The number of amides is 4. The van der Waals surface area contributed by atoms with Gasteiger partial charge in [-0.2, -0.15) is 0 Å². The van der Waals surface area contributed by atoms with Crippen LogP contribution in [-0.4, -0.2) is 72.1 Å². The summed E-state index contributed by atoms with van der Waals surface area (Å²) < 4.78 is 33.1. The first-order valence-electron chi connectivity index (χ1n) is 17.4. The highest BCUT2D eigenvalue weighted by molar-refractivity contribution is 7.91.